The van der Waals surface area contributed by atoms with Crippen molar-refractivity contribution in [3.63, 3.8) is 0 Å². The van der Waals surface area contributed by atoms with Crippen LogP contribution in [0.5, 0.6) is 17.2 Å². The van der Waals surface area contributed by atoms with E-state index in [1.807, 2.05) is 0 Å². The molecule has 0 aromatic heterocycles. The van der Waals surface area contributed by atoms with E-state index in [4.69, 9.17) is 42.6 Å². The van der Waals surface area contributed by atoms with Crippen molar-refractivity contribution in [1.82, 2.24) is 0 Å². The molecule has 0 fully saturated rings. The molecule has 2 N–H and O–H groups in total. The molecule has 14 heteroatoms. The van der Waals surface area contributed by atoms with Gasteiger partial charge < -0.3 is 52.8 Å². The molecule has 1 aliphatic carbocycles. The van der Waals surface area contributed by atoms with E-state index in [1.165, 1.54) is 34.3 Å². The van der Waals surface area contributed by atoms with Crippen LogP contribution in [0.25, 0.3) is 16.3 Å². The molecule has 14 nitrogen and oxygen atoms in total. The lowest BCUT2D eigenvalue weighted by atomic mass is 9.72. The molecular weight excluding hydrogens is 584 g/mol. The summed E-state index contributed by atoms with van der Waals surface area (Å²) in [6, 6.07) is 6.60. The van der Waals surface area contributed by atoms with Crippen molar-refractivity contribution in [3.8, 4) is 17.2 Å². The number of ether oxygens (including phenoxy) is 9. The average Bonchev–Trinajstić information content (AvgIpc) is 2.96. The second kappa shape index (κ2) is 15.2. The topological polar surface area (TPSA) is 175 Å². The van der Waals surface area contributed by atoms with Gasteiger partial charge in [-0.25, -0.2) is 0 Å². The number of methoxy groups -OCH3 is 3. The molecule has 44 heavy (non-hydrogen) atoms. The summed E-state index contributed by atoms with van der Waals surface area (Å²) in [7, 11) is 4.31. The van der Waals surface area contributed by atoms with E-state index in [0.717, 1.165) is 20.8 Å². The third kappa shape index (κ3) is 7.39. The minimum Gasteiger partial charge on any atom is -0.467 e. The molecule has 0 spiro atoms. The number of rotatable bonds is 14. The molecule has 1 aliphatic rings. The Balaban J connectivity index is 2.55. The smallest absolute Gasteiger partial charge is 0.303 e. The van der Waals surface area contributed by atoms with Crippen LogP contribution in [0.3, 0.4) is 0 Å². The summed E-state index contributed by atoms with van der Waals surface area (Å²) in [4.78, 5) is 37.0. The van der Waals surface area contributed by atoms with Crippen molar-refractivity contribution in [3.05, 3.63) is 35.4 Å². The zero-order valence-electron chi connectivity index (χ0n) is 25.7. The van der Waals surface area contributed by atoms with Gasteiger partial charge in [0.2, 0.25) is 0 Å². The van der Waals surface area contributed by atoms with Gasteiger partial charge in [-0.1, -0.05) is 12.1 Å². The number of carbonyl (C=O) groups is 3. The van der Waals surface area contributed by atoms with E-state index < -0.39 is 48.4 Å². The van der Waals surface area contributed by atoms with Crippen LogP contribution >= 0.6 is 0 Å². The second-order valence-electron chi connectivity index (χ2n) is 9.96. The molecule has 2 aromatic rings. The highest BCUT2D eigenvalue weighted by molar-refractivity contribution is 6.02. The maximum absolute atomic E-state index is 12.5. The molecule has 0 saturated carbocycles. The van der Waals surface area contributed by atoms with Gasteiger partial charge >= 0.3 is 17.9 Å². The van der Waals surface area contributed by atoms with Gasteiger partial charge in [0.25, 0.3) is 0 Å². The zero-order chi connectivity index (χ0) is 32.6. The quantitative estimate of drug-likeness (QED) is 0.178. The van der Waals surface area contributed by atoms with Gasteiger partial charge in [-0.05, 0) is 19.1 Å². The molecule has 2 aromatic carbocycles. The van der Waals surface area contributed by atoms with Gasteiger partial charge in [-0.2, -0.15) is 0 Å². The molecule has 0 aliphatic heterocycles. The van der Waals surface area contributed by atoms with Gasteiger partial charge in [0.1, 0.15) is 22.8 Å². The monoisotopic (exact) mass is 622 g/mol. The lowest BCUT2D eigenvalue weighted by molar-refractivity contribution is -0.205. The summed E-state index contributed by atoms with van der Waals surface area (Å²) in [5.74, 6) is -1.69. The minimum absolute atomic E-state index is 0.0326. The first-order valence-corrected chi connectivity index (χ1v) is 13.5. The minimum atomic E-state index is -2.17. The first kappa shape index (κ1) is 34.5. The lowest BCUT2D eigenvalue weighted by Gasteiger charge is -2.47. The van der Waals surface area contributed by atoms with Gasteiger partial charge in [0, 0.05) is 64.2 Å². The van der Waals surface area contributed by atoms with E-state index >= 15 is 0 Å². The van der Waals surface area contributed by atoms with Crippen molar-refractivity contribution in [2.45, 2.75) is 51.6 Å². The molecule has 0 amide bonds. The van der Waals surface area contributed by atoms with Crippen LogP contribution in [0.15, 0.2) is 29.8 Å². The van der Waals surface area contributed by atoms with Gasteiger partial charge in [-0.15, -0.1) is 0 Å². The van der Waals surface area contributed by atoms with Crippen molar-refractivity contribution >= 4 is 34.3 Å². The Kier molecular flexibility index (Phi) is 11.9. The predicted molar refractivity (Wildman–Crippen MR) is 153 cm³/mol. The standard InChI is InChI=1S/C30H38O14/c1-16(32)42-27-24(21(12-31)28(43-17(2)33)30(4,35)29(27)44-18(3)34)20-11-23(40-14-37-6)25-19(26(20)41-15-38-7)9-8-10-22(25)39-13-36-5/h8-11,27-29,31,35H,12-15H2,1-7H3/t27-,28+,29+,30+/m0/s1. The van der Waals surface area contributed by atoms with Crippen LogP contribution in [0.4, 0.5) is 0 Å². The number of aliphatic hydroxyl groups is 2. The van der Waals surface area contributed by atoms with Gasteiger partial charge in [0.05, 0.1) is 12.0 Å². The molecule has 0 unspecified atom stereocenters. The molecule has 0 radical (unpaired) electrons. The number of carbonyl (C=O) groups excluding carboxylic acids is 3. The van der Waals surface area contributed by atoms with Crippen molar-refractivity contribution in [2.24, 2.45) is 0 Å². The van der Waals surface area contributed by atoms with Crippen molar-refractivity contribution < 1.29 is 67.2 Å². The fraction of sp³-hybridized carbons (Fsp3) is 0.500. The summed E-state index contributed by atoms with van der Waals surface area (Å²) < 4.78 is 50.0. The molecule has 3 rings (SSSR count). The highest BCUT2D eigenvalue weighted by Crippen LogP contribution is 2.50. The summed E-state index contributed by atoms with van der Waals surface area (Å²) in [5.41, 5.74) is -2.01. The van der Waals surface area contributed by atoms with E-state index in [9.17, 15) is 24.6 Å². The Labute approximate surface area is 254 Å². The fourth-order valence-corrected chi connectivity index (χ4v) is 5.13. The van der Waals surface area contributed by atoms with Gasteiger partial charge in [0.15, 0.2) is 38.7 Å². The van der Waals surface area contributed by atoms with Crippen LogP contribution in [-0.4, -0.2) is 100 Å². The van der Waals surface area contributed by atoms with E-state index in [2.05, 4.69) is 0 Å². The summed E-state index contributed by atoms with van der Waals surface area (Å²) >= 11 is 0. The molecular formula is C30H38O14. The van der Waals surface area contributed by atoms with Crippen LogP contribution in [0, 0.1) is 0 Å². The maximum Gasteiger partial charge on any atom is 0.303 e. The highest BCUT2D eigenvalue weighted by atomic mass is 16.7. The van der Waals surface area contributed by atoms with Crippen LogP contribution in [0.1, 0.15) is 33.3 Å². The molecule has 242 valence electrons. The van der Waals surface area contributed by atoms with E-state index in [-0.39, 0.29) is 48.6 Å². The molecule has 4 atom stereocenters. The third-order valence-corrected chi connectivity index (χ3v) is 6.68. The number of benzene rings is 2. The van der Waals surface area contributed by atoms with Crippen LogP contribution in [0.2, 0.25) is 0 Å². The van der Waals surface area contributed by atoms with Crippen molar-refractivity contribution in [1.29, 1.82) is 0 Å². The lowest BCUT2D eigenvalue weighted by Crippen LogP contribution is -2.62. The van der Waals surface area contributed by atoms with Crippen LogP contribution in [-0.2, 0) is 42.8 Å². The van der Waals surface area contributed by atoms with E-state index in [0.29, 0.717) is 16.5 Å². The Morgan fingerprint density at radius 1 is 0.818 bits per heavy atom. The normalized spacial score (nSPS) is 21.5. The largest absolute Gasteiger partial charge is 0.467 e. The van der Waals surface area contributed by atoms with Gasteiger partial charge in [-0.3, -0.25) is 14.4 Å². The Hall–Kier alpha value is -3.95. The van der Waals surface area contributed by atoms with E-state index in [1.54, 1.807) is 18.2 Å². The Bertz CT molecular complexity index is 1380. The second-order valence-corrected chi connectivity index (χ2v) is 9.96. The Morgan fingerprint density at radius 3 is 1.93 bits per heavy atom. The average molecular weight is 623 g/mol. The number of hydrogen-bond donors (Lipinski definition) is 2. The van der Waals surface area contributed by atoms with Crippen LogP contribution < -0.4 is 14.2 Å². The highest BCUT2D eigenvalue weighted by Gasteiger charge is 2.57. The number of fused-ring (bicyclic) bond motifs is 1. The molecule has 0 heterocycles. The Morgan fingerprint density at radius 2 is 1.39 bits per heavy atom. The summed E-state index contributed by atoms with van der Waals surface area (Å²) in [5, 5.41) is 23.3. The fourth-order valence-electron chi connectivity index (χ4n) is 5.13. The number of aliphatic hydroxyl groups excluding tert-OH is 1. The predicted octanol–water partition coefficient (Wildman–Crippen LogP) is 2.09. The number of esters is 3. The summed E-state index contributed by atoms with van der Waals surface area (Å²) in [6.07, 6.45) is -4.68. The SMILES string of the molecule is COCOc1c(C2=C(CO)[C@@H](OC(C)=O)[C@@](C)(O)[C@H](OC(C)=O)[C@H]2OC(C)=O)cc(OCOC)c2c(OCOC)cccc12. The first-order chi connectivity index (χ1) is 20.9. The summed E-state index contributed by atoms with van der Waals surface area (Å²) in [6.45, 7) is 3.29. The molecule has 0 bridgehead atoms. The third-order valence-electron chi connectivity index (χ3n) is 6.68. The first-order valence-electron chi connectivity index (χ1n) is 13.5. The van der Waals surface area contributed by atoms with Crippen molar-refractivity contribution in [2.75, 3.05) is 48.3 Å². The zero-order valence-corrected chi connectivity index (χ0v) is 25.7. The number of hydrogen-bond acceptors (Lipinski definition) is 14. The molecule has 0 saturated heterocycles. The maximum atomic E-state index is 12.5.